The summed E-state index contributed by atoms with van der Waals surface area (Å²) in [4.78, 5) is 16.4. The number of halogens is 2. The molecule has 0 fully saturated rings. The van der Waals surface area contributed by atoms with Gasteiger partial charge in [-0.2, -0.15) is 0 Å². The molecule has 0 spiro atoms. The lowest BCUT2D eigenvalue weighted by atomic mass is 10.2. The predicted molar refractivity (Wildman–Crippen MR) is 100 cm³/mol. The zero-order valence-electron chi connectivity index (χ0n) is 13.6. The maximum Gasteiger partial charge on any atom is 0.356 e. The Morgan fingerprint density at radius 3 is 2.54 bits per heavy atom. The molecule has 0 bridgehead atoms. The van der Waals surface area contributed by atoms with Gasteiger partial charge in [0.15, 0.2) is 5.75 Å². The van der Waals surface area contributed by atoms with Gasteiger partial charge in [-0.25, -0.2) is 9.78 Å². The van der Waals surface area contributed by atoms with Gasteiger partial charge in [0.2, 0.25) is 0 Å². The first-order chi connectivity index (χ1) is 12.5. The number of nitrogens with zero attached hydrogens (tertiary/aromatic N) is 1. The molecule has 1 N–H and O–H groups in total. The molecule has 1 heterocycles. The van der Waals surface area contributed by atoms with Crippen LogP contribution in [0.5, 0.6) is 11.5 Å². The van der Waals surface area contributed by atoms with Crippen LogP contribution in [0.4, 0.5) is 0 Å². The standard InChI is InChI=1S/C19H15Cl2NO4/c20-14-10-13(23)11-15(21)18(14)25-8-3-9-26-19(24)17-7-6-12-4-1-2-5-16(12)22-17/h1-2,4-7,10-11,23H,3,8-9H2. The molecule has 0 amide bonds. The van der Waals surface area contributed by atoms with Crippen LogP contribution in [0, 0.1) is 0 Å². The minimum atomic E-state index is -0.489. The molecule has 0 unspecified atom stereocenters. The zero-order chi connectivity index (χ0) is 18.5. The van der Waals surface area contributed by atoms with Crippen molar-refractivity contribution in [3.63, 3.8) is 0 Å². The first kappa shape index (κ1) is 18.3. The number of esters is 1. The van der Waals surface area contributed by atoms with Gasteiger partial charge in [-0.1, -0.05) is 47.5 Å². The number of aromatic nitrogens is 1. The Hall–Kier alpha value is -2.50. The number of para-hydroxylation sites is 1. The van der Waals surface area contributed by atoms with Crippen molar-refractivity contribution in [1.82, 2.24) is 4.98 Å². The Morgan fingerprint density at radius 2 is 1.77 bits per heavy atom. The number of phenolic OH excluding ortho intramolecular Hbond substituents is 1. The van der Waals surface area contributed by atoms with Crippen LogP contribution in [0.15, 0.2) is 48.5 Å². The Bertz CT molecular complexity index is 923. The highest BCUT2D eigenvalue weighted by Gasteiger charge is 2.11. The van der Waals surface area contributed by atoms with Crippen molar-refractivity contribution in [2.75, 3.05) is 13.2 Å². The van der Waals surface area contributed by atoms with Crippen LogP contribution in [0.2, 0.25) is 10.0 Å². The fourth-order valence-electron chi connectivity index (χ4n) is 2.34. The first-order valence-electron chi connectivity index (χ1n) is 7.88. The summed E-state index contributed by atoms with van der Waals surface area (Å²) < 4.78 is 10.7. The number of pyridine rings is 1. The molecule has 26 heavy (non-hydrogen) atoms. The molecule has 3 aromatic rings. The van der Waals surface area contributed by atoms with Crippen LogP contribution in [0.1, 0.15) is 16.9 Å². The zero-order valence-corrected chi connectivity index (χ0v) is 15.1. The lowest BCUT2D eigenvalue weighted by Gasteiger charge is -2.10. The smallest absolute Gasteiger partial charge is 0.356 e. The van der Waals surface area contributed by atoms with Crippen LogP contribution in [0.3, 0.4) is 0 Å². The average molecular weight is 392 g/mol. The fourth-order valence-corrected chi connectivity index (χ4v) is 2.92. The van der Waals surface area contributed by atoms with E-state index in [1.807, 2.05) is 30.3 Å². The predicted octanol–water partition coefficient (Wildman–Crippen LogP) is 4.87. The molecule has 0 saturated heterocycles. The Kier molecular flexibility index (Phi) is 5.81. The van der Waals surface area contributed by atoms with Crippen molar-refractivity contribution in [3.8, 4) is 11.5 Å². The van der Waals surface area contributed by atoms with E-state index in [0.717, 1.165) is 10.9 Å². The van der Waals surface area contributed by atoms with Crippen molar-refractivity contribution in [3.05, 3.63) is 64.3 Å². The number of hydrogen-bond donors (Lipinski definition) is 1. The number of rotatable bonds is 6. The number of fused-ring (bicyclic) bond motifs is 1. The average Bonchev–Trinajstić information content (AvgIpc) is 2.62. The number of phenols is 1. The van der Waals surface area contributed by atoms with Crippen molar-refractivity contribution in [2.24, 2.45) is 0 Å². The van der Waals surface area contributed by atoms with E-state index in [-0.39, 0.29) is 40.5 Å². The van der Waals surface area contributed by atoms with E-state index in [0.29, 0.717) is 6.42 Å². The van der Waals surface area contributed by atoms with Gasteiger partial charge in [0.1, 0.15) is 11.4 Å². The van der Waals surface area contributed by atoms with E-state index in [1.54, 1.807) is 6.07 Å². The number of carbonyl (C=O) groups excluding carboxylic acids is 1. The molecule has 0 aliphatic carbocycles. The SMILES string of the molecule is O=C(OCCCOc1c(Cl)cc(O)cc1Cl)c1ccc2ccccc2n1. The fraction of sp³-hybridized carbons (Fsp3) is 0.158. The monoisotopic (exact) mass is 391 g/mol. The van der Waals surface area contributed by atoms with Gasteiger partial charge in [0, 0.05) is 23.9 Å². The molecule has 0 atom stereocenters. The summed E-state index contributed by atoms with van der Waals surface area (Å²) in [6, 6.07) is 13.7. The van der Waals surface area contributed by atoms with Gasteiger partial charge >= 0.3 is 5.97 Å². The first-order valence-corrected chi connectivity index (χ1v) is 8.64. The van der Waals surface area contributed by atoms with Gasteiger partial charge < -0.3 is 14.6 Å². The van der Waals surface area contributed by atoms with E-state index in [4.69, 9.17) is 32.7 Å². The highest BCUT2D eigenvalue weighted by molar-refractivity contribution is 6.37. The maximum absolute atomic E-state index is 12.1. The number of benzene rings is 2. The molecule has 7 heteroatoms. The molecular weight excluding hydrogens is 377 g/mol. The number of ether oxygens (including phenoxy) is 2. The van der Waals surface area contributed by atoms with Crippen LogP contribution in [-0.4, -0.2) is 29.3 Å². The third-order valence-corrected chi connectivity index (χ3v) is 4.12. The van der Waals surface area contributed by atoms with Gasteiger partial charge in [-0.05, 0) is 12.1 Å². The van der Waals surface area contributed by atoms with Gasteiger partial charge in [0.05, 0.1) is 28.8 Å². The van der Waals surface area contributed by atoms with Gasteiger partial charge in [0.25, 0.3) is 0 Å². The summed E-state index contributed by atoms with van der Waals surface area (Å²) in [6.45, 7) is 0.420. The molecule has 2 aromatic carbocycles. The quantitative estimate of drug-likeness (QED) is 0.479. The summed E-state index contributed by atoms with van der Waals surface area (Å²) in [5.74, 6) is -0.241. The Labute approximate surface area is 160 Å². The summed E-state index contributed by atoms with van der Waals surface area (Å²) >= 11 is 11.9. The van der Waals surface area contributed by atoms with Gasteiger partial charge in [-0.3, -0.25) is 0 Å². The van der Waals surface area contributed by atoms with Crippen molar-refractivity contribution >= 4 is 40.1 Å². The largest absolute Gasteiger partial charge is 0.508 e. The Balaban J connectivity index is 1.49. The van der Waals surface area contributed by atoms with E-state index in [9.17, 15) is 9.90 Å². The third kappa shape index (κ3) is 4.36. The molecule has 134 valence electrons. The van der Waals surface area contributed by atoms with Crippen LogP contribution >= 0.6 is 23.2 Å². The molecule has 1 aromatic heterocycles. The topological polar surface area (TPSA) is 68.7 Å². The summed E-state index contributed by atoms with van der Waals surface area (Å²) in [6.07, 6.45) is 0.451. The molecule has 3 rings (SSSR count). The van der Waals surface area contributed by atoms with E-state index >= 15 is 0 Å². The lowest BCUT2D eigenvalue weighted by molar-refractivity contribution is 0.0479. The van der Waals surface area contributed by atoms with Crippen molar-refractivity contribution < 1.29 is 19.4 Å². The second-order valence-electron chi connectivity index (χ2n) is 5.47. The minimum Gasteiger partial charge on any atom is -0.508 e. The summed E-state index contributed by atoms with van der Waals surface area (Å²) in [7, 11) is 0. The van der Waals surface area contributed by atoms with Gasteiger partial charge in [-0.15, -0.1) is 0 Å². The summed E-state index contributed by atoms with van der Waals surface area (Å²) in [5.41, 5.74) is 0.996. The minimum absolute atomic E-state index is 0.0378. The number of carbonyl (C=O) groups is 1. The van der Waals surface area contributed by atoms with E-state index < -0.39 is 5.97 Å². The highest BCUT2D eigenvalue weighted by atomic mass is 35.5. The van der Waals surface area contributed by atoms with Crippen molar-refractivity contribution in [1.29, 1.82) is 0 Å². The molecule has 0 radical (unpaired) electrons. The molecular formula is C19H15Cl2NO4. The summed E-state index contributed by atoms with van der Waals surface area (Å²) in [5, 5.41) is 10.8. The number of aromatic hydroxyl groups is 1. The van der Waals surface area contributed by atoms with Crippen LogP contribution in [-0.2, 0) is 4.74 Å². The Morgan fingerprint density at radius 1 is 1.04 bits per heavy atom. The third-order valence-electron chi connectivity index (χ3n) is 3.56. The second kappa shape index (κ2) is 8.25. The molecule has 0 aliphatic rings. The van der Waals surface area contributed by atoms with E-state index in [1.165, 1.54) is 12.1 Å². The molecule has 5 nitrogen and oxygen atoms in total. The maximum atomic E-state index is 12.1. The van der Waals surface area contributed by atoms with Crippen molar-refractivity contribution in [2.45, 2.75) is 6.42 Å². The van der Waals surface area contributed by atoms with Crippen LogP contribution in [0.25, 0.3) is 10.9 Å². The second-order valence-corrected chi connectivity index (χ2v) is 6.28. The van der Waals surface area contributed by atoms with Crippen LogP contribution < -0.4 is 4.74 Å². The normalized spacial score (nSPS) is 10.7. The molecule has 0 saturated carbocycles. The molecule has 0 aliphatic heterocycles. The van der Waals surface area contributed by atoms with E-state index in [2.05, 4.69) is 4.98 Å². The lowest BCUT2D eigenvalue weighted by Crippen LogP contribution is -2.11. The highest BCUT2D eigenvalue weighted by Crippen LogP contribution is 2.36. The number of hydrogen-bond acceptors (Lipinski definition) is 5.